The Kier molecular flexibility index (Phi) is 11.6. The predicted molar refractivity (Wildman–Crippen MR) is 155 cm³/mol. The molecule has 40 heavy (non-hydrogen) atoms. The van der Waals surface area contributed by atoms with Crippen molar-refractivity contribution in [3.8, 4) is 11.5 Å². The number of carbonyl (C=O) groups is 1. The Balaban J connectivity index is 2.01. The van der Waals surface area contributed by atoms with Gasteiger partial charge in [-0.05, 0) is 82.6 Å². The second-order valence-corrected chi connectivity index (χ2v) is 12.0. The lowest BCUT2D eigenvalue weighted by molar-refractivity contribution is -0.000450. The largest absolute Gasteiger partial charge is 0.497 e. The highest BCUT2D eigenvalue weighted by Gasteiger charge is 2.30. The summed E-state index contributed by atoms with van der Waals surface area (Å²) < 4.78 is 46.3. The van der Waals surface area contributed by atoms with Gasteiger partial charge in [-0.3, -0.25) is 9.52 Å². The van der Waals surface area contributed by atoms with Gasteiger partial charge in [0.05, 0.1) is 42.4 Å². The number of hydrogen-bond acceptors (Lipinski definition) is 8. The average Bonchev–Trinajstić information content (AvgIpc) is 2.94. The lowest BCUT2D eigenvalue weighted by atomic mass is 10.0. The van der Waals surface area contributed by atoms with Crippen LogP contribution in [0, 0.1) is 5.92 Å². The van der Waals surface area contributed by atoms with Crippen molar-refractivity contribution < 1.29 is 32.5 Å². The average molecular weight is 578 g/mol. The molecule has 0 saturated heterocycles. The van der Waals surface area contributed by atoms with Crippen LogP contribution < -0.4 is 19.5 Å². The van der Waals surface area contributed by atoms with Crippen molar-refractivity contribution in [3.63, 3.8) is 0 Å². The standard InChI is InChI=1S/C29H43N3O7S/c1-20-18-32(21(2)19-33)29(34)26-16-23(31-40(35,36)25-12-10-24(37-5)11-13-25)9-14-27(26)39-22(3)8-6-7-15-38-28(20)17-30-4/h9-14,16,20-22,28,30-31,33H,6-8,15,17-19H2,1-5H3/t20-,21+,22-,28-/m1/s1. The molecule has 1 heterocycles. The SMILES string of the molecule is CNC[C@H]1OCCCC[C@@H](C)Oc2ccc(NS(=O)(=O)c3ccc(OC)cc3)cc2C(=O)N([C@@H](C)CO)C[C@H]1C. The van der Waals surface area contributed by atoms with Gasteiger partial charge in [0.1, 0.15) is 11.5 Å². The number of anilines is 1. The molecule has 0 saturated carbocycles. The molecule has 0 bridgehead atoms. The Morgan fingerprint density at radius 3 is 2.52 bits per heavy atom. The van der Waals surface area contributed by atoms with E-state index in [-0.39, 0.29) is 46.8 Å². The van der Waals surface area contributed by atoms with Crippen molar-refractivity contribution in [2.24, 2.45) is 5.92 Å². The van der Waals surface area contributed by atoms with E-state index in [0.29, 0.717) is 31.2 Å². The summed E-state index contributed by atoms with van der Waals surface area (Å²) >= 11 is 0. The summed E-state index contributed by atoms with van der Waals surface area (Å²) in [4.78, 5) is 15.7. The first-order valence-corrected chi connectivity index (χ1v) is 15.2. The Morgan fingerprint density at radius 1 is 1.15 bits per heavy atom. The van der Waals surface area contributed by atoms with Crippen molar-refractivity contribution in [2.45, 2.75) is 63.2 Å². The molecule has 0 unspecified atom stereocenters. The van der Waals surface area contributed by atoms with Crippen molar-refractivity contribution in [2.75, 3.05) is 45.2 Å². The Labute approximate surface area is 238 Å². The maximum absolute atomic E-state index is 14.1. The number of carbonyl (C=O) groups excluding carboxylic acids is 1. The van der Waals surface area contributed by atoms with Crippen LogP contribution in [-0.2, 0) is 14.8 Å². The van der Waals surface area contributed by atoms with Gasteiger partial charge in [0.25, 0.3) is 15.9 Å². The Hall–Kier alpha value is -2.86. The first kappa shape index (κ1) is 31.7. The molecule has 10 nitrogen and oxygen atoms in total. The number of fused-ring (bicyclic) bond motifs is 1. The number of methoxy groups -OCH3 is 1. The monoisotopic (exact) mass is 577 g/mol. The molecule has 3 rings (SSSR count). The van der Waals surface area contributed by atoms with Crippen molar-refractivity contribution in [1.82, 2.24) is 10.2 Å². The molecule has 222 valence electrons. The molecule has 2 aromatic rings. The van der Waals surface area contributed by atoms with Crippen LogP contribution in [0.25, 0.3) is 0 Å². The zero-order chi connectivity index (χ0) is 29.3. The number of likely N-dealkylation sites (N-methyl/N-ethyl adjacent to an activating group) is 1. The highest BCUT2D eigenvalue weighted by Crippen LogP contribution is 2.29. The molecule has 0 aliphatic carbocycles. The van der Waals surface area contributed by atoms with E-state index in [0.717, 1.165) is 19.3 Å². The fraction of sp³-hybridized carbons (Fsp3) is 0.552. The fourth-order valence-corrected chi connectivity index (χ4v) is 5.70. The number of sulfonamides is 1. The second kappa shape index (κ2) is 14.7. The normalized spacial score (nSPS) is 22.0. The first-order valence-electron chi connectivity index (χ1n) is 13.7. The van der Waals surface area contributed by atoms with Crippen molar-refractivity contribution in [1.29, 1.82) is 0 Å². The minimum atomic E-state index is -3.93. The van der Waals surface area contributed by atoms with E-state index >= 15 is 0 Å². The van der Waals surface area contributed by atoms with Crippen molar-refractivity contribution in [3.05, 3.63) is 48.0 Å². The van der Waals surface area contributed by atoms with Gasteiger partial charge < -0.3 is 29.5 Å². The summed E-state index contributed by atoms with van der Waals surface area (Å²) in [6.07, 6.45) is 2.26. The summed E-state index contributed by atoms with van der Waals surface area (Å²) in [5.74, 6) is 0.513. The molecule has 11 heteroatoms. The molecule has 1 amide bonds. The predicted octanol–water partition coefficient (Wildman–Crippen LogP) is 3.51. The lowest BCUT2D eigenvalue weighted by Gasteiger charge is -2.34. The number of hydrogen-bond donors (Lipinski definition) is 3. The topological polar surface area (TPSA) is 126 Å². The third kappa shape index (κ3) is 8.33. The van der Waals surface area contributed by atoms with Gasteiger partial charge in [-0.15, -0.1) is 0 Å². The lowest BCUT2D eigenvalue weighted by Crippen LogP contribution is -2.47. The number of rotatable bonds is 8. The van der Waals surface area contributed by atoms with Crippen LogP contribution >= 0.6 is 0 Å². The number of amides is 1. The molecule has 2 aromatic carbocycles. The number of benzene rings is 2. The molecule has 4 atom stereocenters. The molecule has 0 aromatic heterocycles. The Morgan fingerprint density at radius 2 is 1.88 bits per heavy atom. The third-order valence-corrected chi connectivity index (χ3v) is 8.48. The van der Waals surface area contributed by atoms with Crippen LogP contribution in [0.15, 0.2) is 47.4 Å². The fourth-order valence-electron chi connectivity index (χ4n) is 4.65. The number of ether oxygens (including phenoxy) is 3. The second-order valence-electron chi connectivity index (χ2n) is 10.3. The maximum atomic E-state index is 14.1. The summed E-state index contributed by atoms with van der Waals surface area (Å²) in [5, 5.41) is 13.2. The molecular weight excluding hydrogens is 534 g/mol. The smallest absolute Gasteiger partial charge is 0.261 e. The quantitative estimate of drug-likeness (QED) is 0.435. The van der Waals surface area contributed by atoms with Crippen molar-refractivity contribution >= 4 is 21.6 Å². The molecule has 0 radical (unpaired) electrons. The van der Waals surface area contributed by atoms with Crippen LogP contribution in [0.2, 0.25) is 0 Å². The number of aliphatic hydroxyl groups is 1. The third-order valence-electron chi connectivity index (χ3n) is 7.08. The van der Waals surface area contributed by atoms with E-state index in [9.17, 15) is 18.3 Å². The van der Waals surface area contributed by atoms with Crippen LogP contribution in [0.4, 0.5) is 5.69 Å². The number of aliphatic hydroxyl groups excluding tert-OH is 1. The summed E-state index contributed by atoms with van der Waals surface area (Å²) in [7, 11) is -0.562. The van der Waals surface area contributed by atoms with Gasteiger partial charge in [-0.25, -0.2) is 8.42 Å². The highest BCUT2D eigenvalue weighted by atomic mass is 32.2. The zero-order valence-electron chi connectivity index (χ0n) is 24.1. The van der Waals surface area contributed by atoms with Crippen LogP contribution in [0.5, 0.6) is 11.5 Å². The molecule has 3 N–H and O–H groups in total. The van der Waals surface area contributed by atoms with E-state index in [2.05, 4.69) is 10.0 Å². The summed E-state index contributed by atoms with van der Waals surface area (Å²) in [5.41, 5.74) is 0.443. The Bertz CT molecular complexity index is 1210. The molecule has 1 aliphatic heterocycles. The van der Waals surface area contributed by atoms with Gasteiger partial charge in [-0.2, -0.15) is 0 Å². The number of nitrogens with zero attached hydrogens (tertiary/aromatic N) is 1. The van der Waals surface area contributed by atoms with Crippen LogP contribution in [0.1, 0.15) is 50.4 Å². The van der Waals surface area contributed by atoms with E-state index < -0.39 is 16.1 Å². The summed E-state index contributed by atoms with van der Waals surface area (Å²) in [6.45, 7) is 7.10. The minimum absolute atomic E-state index is 0.0339. The van der Waals surface area contributed by atoms with Gasteiger partial charge in [0.15, 0.2) is 0 Å². The van der Waals surface area contributed by atoms with Gasteiger partial charge in [0, 0.05) is 31.3 Å². The number of nitrogens with one attached hydrogen (secondary N) is 2. The van der Waals surface area contributed by atoms with Crippen LogP contribution in [0.3, 0.4) is 0 Å². The van der Waals surface area contributed by atoms with Gasteiger partial charge in [0.2, 0.25) is 0 Å². The molecule has 1 aliphatic rings. The molecule has 0 fully saturated rings. The summed E-state index contributed by atoms with van der Waals surface area (Å²) in [6, 6.07) is 10.3. The van der Waals surface area contributed by atoms with E-state index in [1.54, 1.807) is 36.1 Å². The minimum Gasteiger partial charge on any atom is -0.497 e. The van der Waals surface area contributed by atoms with Gasteiger partial charge >= 0.3 is 0 Å². The molecule has 0 spiro atoms. The highest BCUT2D eigenvalue weighted by molar-refractivity contribution is 7.92. The van der Waals surface area contributed by atoms with Gasteiger partial charge in [-0.1, -0.05) is 6.92 Å². The van der Waals surface area contributed by atoms with E-state index in [1.807, 2.05) is 20.9 Å². The first-order chi connectivity index (χ1) is 19.1. The zero-order valence-corrected chi connectivity index (χ0v) is 24.9. The maximum Gasteiger partial charge on any atom is 0.261 e. The van der Waals surface area contributed by atoms with E-state index in [4.69, 9.17) is 14.2 Å². The van der Waals surface area contributed by atoms with E-state index in [1.165, 1.54) is 25.3 Å². The van der Waals surface area contributed by atoms with Crippen LogP contribution in [-0.4, -0.2) is 83.0 Å². The molecular formula is C29H43N3O7S.